The number of hydrogen-bond donors (Lipinski definition) is 0. The van der Waals surface area contributed by atoms with E-state index in [-0.39, 0.29) is 12.4 Å². The molecule has 21 heavy (non-hydrogen) atoms. The Kier molecular flexibility index (Phi) is 5.88. The van der Waals surface area contributed by atoms with Gasteiger partial charge >= 0.3 is 0 Å². The zero-order valence-corrected chi connectivity index (χ0v) is 13.9. The van der Waals surface area contributed by atoms with Crippen LogP contribution in [0.15, 0.2) is 40.9 Å². The summed E-state index contributed by atoms with van der Waals surface area (Å²) in [7, 11) is 0. The fourth-order valence-electron chi connectivity index (χ4n) is 1.88. The van der Waals surface area contributed by atoms with Gasteiger partial charge in [-0.15, -0.1) is 11.6 Å². The zero-order chi connectivity index (χ0) is 15.2. The number of alkyl halides is 1. The van der Waals surface area contributed by atoms with Gasteiger partial charge in [-0.25, -0.2) is 4.39 Å². The summed E-state index contributed by atoms with van der Waals surface area (Å²) in [6.07, 6.45) is 0. The Bertz CT molecular complexity index is 619. The van der Waals surface area contributed by atoms with E-state index in [1.807, 2.05) is 25.1 Å². The topological polar surface area (TPSA) is 18.5 Å². The maximum Gasteiger partial charge on any atom is 0.175 e. The molecule has 0 atom stereocenters. The summed E-state index contributed by atoms with van der Waals surface area (Å²) in [6, 6.07) is 10.0. The molecular weight excluding hydrogens is 359 g/mol. The average molecular weight is 374 g/mol. The highest BCUT2D eigenvalue weighted by Crippen LogP contribution is 2.37. The molecule has 112 valence electrons. The molecule has 0 unspecified atom stereocenters. The highest BCUT2D eigenvalue weighted by molar-refractivity contribution is 9.10. The van der Waals surface area contributed by atoms with Crippen molar-refractivity contribution in [3.63, 3.8) is 0 Å². The Morgan fingerprint density at radius 1 is 1.14 bits per heavy atom. The first-order valence-electron chi connectivity index (χ1n) is 6.52. The fraction of sp³-hybridized carbons (Fsp3) is 0.250. The summed E-state index contributed by atoms with van der Waals surface area (Å²) in [6.45, 7) is 2.68. The summed E-state index contributed by atoms with van der Waals surface area (Å²) in [5.41, 5.74) is 1.69. The van der Waals surface area contributed by atoms with Crippen molar-refractivity contribution in [1.29, 1.82) is 0 Å². The van der Waals surface area contributed by atoms with Gasteiger partial charge < -0.3 is 9.47 Å². The number of hydrogen-bond acceptors (Lipinski definition) is 2. The average Bonchev–Trinajstić information content (AvgIpc) is 2.46. The van der Waals surface area contributed by atoms with Crippen LogP contribution in [-0.2, 0) is 12.5 Å². The molecule has 2 nitrogen and oxygen atoms in total. The number of benzene rings is 2. The molecule has 0 radical (unpaired) electrons. The summed E-state index contributed by atoms with van der Waals surface area (Å²) in [4.78, 5) is 0. The Balaban J connectivity index is 2.22. The molecule has 0 fully saturated rings. The van der Waals surface area contributed by atoms with E-state index >= 15 is 0 Å². The fourth-order valence-corrected chi connectivity index (χ4v) is 2.64. The molecule has 5 heteroatoms. The van der Waals surface area contributed by atoms with E-state index in [1.54, 1.807) is 6.07 Å². The van der Waals surface area contributed by atoms with Crippen LogP contribution in [0.3, 0.4) is 0 Å². The van der Waals surface area contributed by atoms with Crippen LogP contribution < -0.4 is 9.47 Å². The largest absolute Gasteiger partial charge is 0.490 e. The maximum absolute atomic E-state index is 13.2. The molecule has 0 aromatic heterocycles. The van der Waals surface area contributed by atoms with Gasteiger partial charge in [-0.3, -0.25) is 0 Å². The molecule has 0 saturated heterocycles. The summed E-state index contributed by atoms with van der Waals surface area (Å²) in [5.74, 6) is 1.33. The monoisotopic (exact) mass is 372 g/mol. The van der Waals surface area contributed by atoms with Gasteiger partial charge in [-0.05, 0) is 58.2 Å². The third kappa shape index (κ3) is 4.35. The number of halogens is 3. The first-order valence-corrected chi connectivity index (χ1v) is 7.85. The van der Waals surface area contributed by atoms with Gasteiger partial charge in [0.2, 0.25) is 0 Å². The highest BCUT2D eigenvalue weighted by atomic mass is 79.9. The first-order chi connectivity index (χ1) is 10.1. The van der Waals surface area contributed by atoms with Gasteiger partial charge in [0.05, 0.1) is 11.1 Å². The molecule has 0 N–H and O–H groups in total. The predicted octanol–water partition coefficient (Wildman–Crippen LogP) is 5.30. The SMILES string of the molecule is CCOc1cc(CCl)cc(Br)c1OCc1cccc(F)c1. The minimum absolute atomic E-state index is 0.261. The normalized spacial score (nSPS) is 10.5. The maximum atomic E-state index is 13.2. The van der Waals surface area contributed by atoms with Crippen molar-refractivity contribution in [2.45, 2.75) is 19.4 Å². The molecule has 0 aliphatic heterocycles. The minimum Gasteiger partial charge on any atom is -0.490 e. The van der Waals surface area contributed by atoms with E-state index < -0.39 is 0 Å². The lowest BCUT2D eigenvalue weighted by molar-refractivity contribution is 0.267. The summed E-state index contributed by atoms with van der Waals surface area (Å²) >= 11 is 9.31. The quantitative estimate of drug-likeness (QED) is 0.639. The highest BCUT2D eigenvalue weighted by Gasteiger charge is 2.12. The van der Waals surface area contributed by atoms with Gasteiger partial charge in [0.25, 0.3) is 0 Å². The Hall–Kier alpha value is -1.26. The van der Waals surface area contributed by atoms with E-state index in [0.29, 0.717) is 24.0 Å². The predicted molar refractivity (Wildman–Crippen MR) is 85.6 cm³/mol. The second-order valence-electron chi connectivity index (χ2n) is 4.39. The van der Waals surface area contributed by atoms with Crippen LogP contribution >= 0.6 is 27.5 Å². The molecule has 0 aliphatic rings. The lowest BCUT2D eigenvalue weighted by atomic mass is 10.2. The third-order valence-corrected chi connectivity index (χ3v) is 3.69. The van der Waals surface area contributed by atoms with Crippen LogP contribution in [-0.4, -0.2) is 6.61 Å². The molecule has 2 aromatic rings. The molecular formula is C16H15BrClFO2. The van der Waals surface area contributed by atoms with Gasteiger partial charge in [0.15, 0.2) is 11.5 Å². The lowest BCUT2D eigenvalue weighted by Crippen LogP contribution is -2.01. The van der Waals surface area contributed by atoms with E-state index in [2.05, 4.69) is 15.9 Å². The number of rotatable bonds is 6. The van der Waals surface area contributed by atoms with Crippen LogP contribution in [0.4, 0.5) is 4.39 Å². The molecule has 2 aromatic carbocycles. The smallest absolute Gasteiger partial charge is 0.175 e. The van der Waals surface area contributed by atoms with Gasteiger partial charge in [0.1, 0.15) is 12.4 Å². The van der Waals surface area contributed by atoms with E-state index in [1.165, 1.54) is 12.1 Å². The van der Waals surface area contributed by atoms with Crippen LogP contribution in [0.5, 0.6) is 11.5 Å². The molecule has 2 rings (SSSR count). The van der Waals surface area contributed by atoms with Crippen molar-refractivity contribution in [2.75, 3.05) is 6.61 Å². The Morgan fingerprint density at radius 2 is 1.95 bits per heavy atom. The van der Waals surface area contributed by atoms with Crippen LogP contribution in [0.25, 0.3) is 0 Å². The van der Waals surface area contributed by atoms with Crippen molar-refractivity contribution >= 4 is 27.5 Å². The van der Waals surface area contributed by atoms with Crippen molar-refractivity contribution in [3.8, 4) is 11.5 Å². The van der Waals surface area contributed by atoms with E-state index in [4.69, 9.17) is 21.1 Å². The van der Waals surface area contributed by atoms with Crippen molar-refractivity contribution in [2.24, 2.45) is 0 Å². The molecule has 0 heterocycles. The van der Waals surface area contributed by atoms with E-state index in [0.717, 1.165) is 15.6 Å². The summed E-state index contributed by atoms with van der Waals surface area (Å²) in [5, 5.41) is 0. The first kappa shape index (κ1) is 16.1. The third-order valence-electron chi connectivity index (χ3n) is 2.80. The Morgan fingerprint density at radius 3 is 2.62 bits per heavy atom. The Labute approximate surface area is 137 Å². The second kappa shape index (κ2) is 7.66. The number of ether oxygens (including phenoxy) is 2. The standard InChI is InChI=1S/C16H15BrClFO2/c1-2-20-15-8-12(9-18)7-14(17)16(15)21-10-11-4-3-5-13(19)6-11/h3-8H,2,9-10H2,1H3. The van der Waals surface area contributed by atoms with Crippen LogP contribution in [0, 0.1) is 5.82 Å². The molecule has 0 bridgehead atoms. The van der Waals surface area contributed by atoms with Gasteiger partial charge in [0, 0.05) is 5.88 Å². The minimum atomic E-state index is -0.280. The lowest BCUT2D eigenvalue weighted by Gasteiger charge is -2.15. The molecule has 0 spiro atoms. The van der Waals surface area contributed by atoms with Gasteiger partial charge in [-0.2, -0.15) is 0 Å². The van der Waals surface area contributed by atoms with Crippen molar-refractivity contribution in [3.05, 3.63) is 57.8 Å². The molecule has 0 saturated carbocycles. The zero-order valence-electron chi connectivity index (χ0n) is 11.5. The summed E-state index contributed by atoms with van der Waals surface area (Å²) < 4.78 is 25.3. The van der Waals surface area contributed by atoms with Crippen molar-refractivity contribution < 1.29 is 13.9 Å². The van der Waals surface area contributed by atoms with Crippen molar-refractivity contribution in [1.82, 2.24) is 0 Å². The molecule has 0 amide bonds. The van der Waals surface area contributed by atoms with Gasteiger partial charge in [-0.1, -0.05) is 12.1 Å². The van der Waals surface area contributed by atoms with Crippen LogP contribution in [0.1, 0.15) is 18.1 Å². The van der Waals surface area contributed by atoms with Crippen LogP contribution in [0.2, 0.25) is 0 Å². The van der Waals surface area contributed by atoms with E-state index in [9.17, 15) is 4.39 Å². The second-order valence-corrected chi connectivity index (χ2v) is 5.51. The molecule has 0 aliphatic carbocycles.